The van der Waals surface area contributed by atoms with Gasteiger partial charge in [0.05, 0.1) is 25.0 Å². The molecule has 1 saturated heterocycles. The minimum atomic E-state index is -0.772. The number of hydrogen-bond acceptors (Lipinski definition) is 5. The summed E-state index contributed by atoms with van der Waals surface area (Å²) in [7, 11) is 3.72. The van der Waals surface area contributed by atoms with Crippen LogP contribution in [-0.4, -0.2) is 59.1 Å². The van der Waals surface area contributed by atoms with Gasteiger partial charge >= 0.3 is 5.97 Å². The number of carboxylic acid groups (broad SMARTS) is 1. The summed E-state index contributed by atoms with van der Waals surface area (Å²) in [6.45, 7) is 1.86. The van der Waals surface area contributed by atoms with E-state index >= 15 is 0 Å². The number of benzene rings is 1. The molecule has 8 nitrogen and oxygen atoms in total. The largest absolute Gasteiger partial charge is 0.497 e. The third-order valence-electron chi connectivity index (χ3n) is 6.10. The van der Waals surface area contributed by atoms with Crippen LogP contribution in [0.1, 0.15) is 56.8 Å². The lowest BCUT2D eigenvalue weighted by Crippen LogP contribution is -2.40. The highest BCUT2D eigenvalue weighted by atomic mass is 16.5. The van der Waals surface area contributed by atoms with E-state index in [1.165, 1.54) is 0 Å². The number of ether oxygens (including phenoxy) is 1. The summed E-state index contributed by atoms with van der Waals surface area (Å²) in [6.07, 6.45) is 6.65. The summed E-state index contributed by atoms with van der Waals surface area (Å²) in [6, 6.07) is 7.51. The Bertz CT molecular complexity index is 890. The number of H-pyrrole nitrogens is 1. The van der Waals surface area contributed by atoms with Crippen LogP contribution in [0.15, 0.2) is 30.5 Å². The van der Waals surface area contributed by atoms with Crippen LogP contribution in [-0.2, 0) is 9.59 Å². The summed E-state index contributed by atoms with van der Waals surface area (Å²) in [4.78, 5) is 33.9. The molecule has 0 aliphatic carbocycles. The second kappa shape index (κ2) is 11.7. The fourth-order valence-corrected chi connectivity index (χ4v) is 4.09. The lowest BCUT2D eigenvalue weighted by molar-refractivity contribution is -0.137. The maximum atomic E-state index is 13.0. The van der Waals surface area contributed by atoms with E-state index in [9.17, 15) is 9.59 Å². The van der Waals surface area contributed by atoms with Gasteiger partial charge in [-0.1, -0.05) is 25.0 Å². The first-order chi connectivity index (χ1) is 15.5. The molecule has 2 aromatic rings. The number of nitrogens with one attached hydrogen (secondary N) is 2. The monoisotopic (exact) mass is 442 g/mol. The minimum Gasteiger partial charge on any atom is -0.497 e. The number of aromatic amines is 1. The van der Waals surface area contributed by atoms with Crippen LogP contribution in [0.5, 0.6) is 5.75 Å². The second-order valence-electron chi connectivity index (χ2n) is 8.55. The first kappa shape index (κ1) is 23.8. The van der Waals surface area contributed by atoms with Crippen LogP contribution in [0.3, 0.4) is 0 Å². The average molecular weight is 443 g/mol. The van der Waals surface area contributed by atoms with Crippen molar-refractivity contribution in [3.05, 3.63) is 36.3 Å². The summed E-state index contributed by atoms with van der Waals surface area (Å²) in [5, 5.41) is 12.1. The van der Waals surface area contributed by atoms with Crippen molar-refractivity contribution in [1.82, 2.24) is 20.2 Å². The molecule has 1 aromatic heterocycles. The van der Waals surface area contributed by atoms with Gasteiger partial charge in [0.25, 0.3) is 0 Å². The zero-order valence-corrected chi connectivity index (χ0v) is 19.0. The van der Waals surface area contributed by atoms with Crippen molar-refractivity contribution >= 4 is 11.9 Å². The number of methoxy groups -OCH3 is 1. The molecule has 1 amide bonds. The predicted molar refractivity (Wildman–Crippen MR) is 122 cm³/mol. The lowest BCUT2D eigenvalue weighted by atomic mass is 9.95. The molecule has 1 aliphatic heterocycles. The van der Waals surface area contributed by atoms with Crippen molar-refractivity contribution in [3.63, 3.8) is 0 Å². The summed E-state index contributed by atoms with van der Waals surface area (Å²) < 4.78 is 5.31. The number of piperidine rings is 1. The fourth-order valence-electron chi connectivity index (χ4n) is 4.09. The molecule has 1 aromatic carbocycles. The van der Waals surface area contributed by atoms with Crippen LogP contribution in [0.25, 0.3) is 11.3 Å². The van der Waals surface area contributed by atoms with Gasteiger partial charge in [0.2, 0.25) is 5.91 Å². The van der Waals surface area contributed by atoms with E-state index in [1.54, 1.807) is 13.3 Å². The Morgan fingerprint density at radius 2 is 2.06 bits per heavy atom. The summed E-state index contributed by atoms with van der Waals surface area (Å²) >= 11 is 0. The predicted octanol–water partition coefficient (Wildman–Crippen LogP) is 3.62. The van der Waals surface area contributed by atoms with Gasteiger partial charge in [-0.2, -0.15) is 0 Å². The van der Waals surface area contributed by atoms with Crippen LogP contribution in [0, 0.1) is 5.92 Å². The fraction of sp³-hybridized carbons (Fsp3) is 0.542. The molecule has 0 spiro atoms. The SMILES string of the molecule is COc1cccc(-c2cnc([C@H](CCCCCC(=O)O)NC(=O)C3CCN(C)CC3)[nH]2)c1. The molecule has 1 aliphatic rings. The van der Waals surface area contributed by atoms with Gasteiger partial charge in [-0.25, -0.2) is 4.98 Å². The zero-order chi connectivity index (χ0) is 22.9. The molecule has 0 unspecified atom stereocenters. The molecule has 174 valence electrons. The highest BCUT2D eigenvalue weighted by Crippen LogP contribution is 2.26. The number of carboxylic acids is 1. The van der Waals surface area contributed by atoms with E-state index in [-0.39, 0.29) is 24.3 Å². The van der Waals surface area contributed by atoms with Crippen LogP contribution < -0.4 is 10.1 Å². The molecule has 0 bridgehead atoms. The molecule has 1 fully saturated rings. The normalized spacial score (nSPS) is 15.9. The molecule has 3 N–H and O–H groups in total. The summed E-state index contributed by atoms with van der Waals surface area (Å²) in [5.41, 5.74) is 1.83. The standard InChI is InChI=1S/C24H34N4O4/c1-28-13-11-17(12-14-28)24(31)27-20(9-4-3-5-10-22(29)30)23-25-16-21(26-23)18-7-6-8-19(15-18)32-2/h6-8,15-17,20H,3-5,9-14H2,1-2H3,(H,25,26)(H,27,31)(H,29,30)/t20-/m0/s1. The Morgan fingerprint density at radius 3 is 2.78 bits per heavy atom. The van der Waals surface area contributed by atoms with E-state index in [0.29, 0.717) is 12.8 Å². The maximum Gasteiger partial charge on any atom is 0.303 e. The molecule has 3 rings (SSSR count). The quantitative estimate of drug-likeness (QED) is 0.459. The number of carbonyl (C=O) groups excluding carboxylic acids is 1. The molecular formula is C24H34N4O4. The molecule has 1 atom stereocenters. The molecule has 0 saturated carbocycles. The van der Waals surface area contributed by atoms with Crippen molar-refractivity contribution in [2.45, 2.75) is 51.0 Å². The van der Waals surface area contributed by atoms with Gasteiger partial charge in [0.15, 0.2) is 0 Å². The number of hydrogen-bond donors (Lipinski definition) is 3. The Hall–Kier alpha value is -2.87. The van der Waals surface area contributed by atoms with E-state index in [1.807, 2.05) is 24.3 Å². The Labute approximate surface area is 189 Å². The van der Waals surface area contributed by atoms with Crippen molar-refractivity contribution in [1.29, 1.82) is 0 Å². The third-order valence-corrected chi connectivity index (χ3v) is 6.10. The average Bonchev–Trinajstić information content (AvgIpc) is 3.28. The van der Waals surface area contributed by atoms with Crippen LogP contribution >= 0.6 is 0 Å². The highest BCUT2D eigenvalue weighted by molar-refractivity contribution is 5.79. The molecule has 0 radical (unpaired) electrons. The van der Waals surface area contributed by atoms with Crippen molar-refractivity contribution in [2.75, 3.05) is 27.2 Å². The number of imidazole rings is 1. The van der Waals surface area contributed by atoms with Crippen molar-refractivity contribution < 1.29 is 19.4 Å². The van der Waals surface area contributed by atoms with Crippen LogP contribution in [0.2, 0.25) is 0 Å². The van der Waals surface area contributed by atoms with E-state index < -0.39 is 5.97 Å². The molecule has 32 heavy (non-hydrogen) atoms. The highest BCUT2D eigenvalue weighted by Gasteiger charge is 2.26. The topological polar surface area (TPSA) is 108 Å². The smallest absolute Gasteiger partial charge is 0.303 e. The number of nitrogens with zero attached hydrogens (tertiary/aromatic N) is 2. The van der Waals surface area contributed by atoms with Gasteiger partial charge in [0, 0.05) is 17.9 Å². The van der Waals surface area contributed by atoms with Gasteiger partial charge < -0.3 is 25.0 Å². The van der Waals surface area contributed by atoms with Crippen molar-refractivity contribution in [2.24, 2.45) is 5.92 Å². The van der Waals surface area contributed by atoms with Gasteiger partial charge in [-0.3, -0.25) is 9.59 Å². The first-order valence-electron chi connectivity index (χ1n) is 11.4. The van der Waals surface area contributed by atoms with Crippen molar-refractivity contribution in [3.8, 4) is 17.0 Å². The molecule has 2 heterocycles. The minimum absolute atomic E-state index is 0.0218. The number of aliphatic carboxylic acids is 1. The van der Waals surface area contributed by atoms with E-state index in [0.717, 1.165) is 61.6 Å². The number of amides is 1. The zero-order valence-electron chi connectivity index (χ0n) is 19.0. The third kappa shape index (κ3) is 6.82. The lowest BCUT2D eigenvalue weighted by Gasteiger charge is -2.29. The number of aromatic nitrogens is 2. The number of rotatable bonds is 11. The number of likely N-dealkylation sites (tertiary alicyclic amines) is 1. The Kier molecular flexibility index (Phi) is 8.67. The number of carbonyl (C=O) groups is 2. The van der Waals surface area contributed by atoms with Gasteiger partial charge in [0.1, 0.15) is 11.6 Å². The number of unbranched alkanes of at least 4 members (excludes halogenated alkanes) is 2. The maximum absolute atomic E-state index is 13.0. The van der Waals surface area contributed by atoms with Crippen LogP contribution in [0.4, 0.5) is 0 Å². The van der Waals surface area contributed by atoms with Gasteiger partial charge in [-0.15, -0.1) is 0 Å². The molecular weight excluding hydrogens is 408 g/mol. The van der Waals surface area contributed by atoms with Gasteiger partial charge in [-0.05, 0) is 58.0 Å². The Morgan fingerprint density at radius 1 is 1.28 bits per heavy atom. The summed E-state index contributed by atoms with van der Waals surface area (Å²) in [5.74, 6) is 0.819. The van der Waals surface area contributed by atoms with E-state index in [4.69, 9.17) is 9.84 Å². The second-order valence-corrected chi connectivity index (χ2v) is 8.55. The first-order valence-corrected chi connectivity index (χ1v) is 11.4. The molecule has 8 heteroatoms. The van der Waals surface area contributed by atoms with E-state index in [2.05, 4.69) is 27.2 Å². The Balaban J connectivity index is 1.69.